The van der Waals surface area contributed by atoms with E-state index in [9.17, 15) is 9.59 Å². The number of aromatic nitrogens is 4. The highest BCUT2D eigenvalue weighted by atomic mass is 16.5. The molecule has 1 amide bonds. The van der Waals surface area contributed by atoms with Gasteiger partial charge < -0.3 is 14.2 Å². The number of likely N-dealkylation sites (tertiary alicyclic amines) is 1. The molecule has 4 rings (SSSR count). The van der Waals surface area contributed by atoms with E-state index in [1.807, 2.05) is 38.6 Å². The maximum atomic E-state index is 12.8. The topological polar surface area (TPSA) is 74.3 Å². The molecule has 0 aromatic carbocycles. The first-order valence-electron chi connectivity index (χ1n) is 9.74. The van der Waals surface area contributed by atoms with E-state index in [-0.39, 0.29) is 23.6 Å². The van der Waals surface area contributed by atoms with Crippen molar-refractivity contribution in [1.82, 2.24) is 23.8 Å². The summed E-state index contributed by atoms with van der Waals surface area (Å²) in [5.74, 6) is 1.08. The largest absolute Gasteiger partial charge is 0.383 e. The van der Waals surface area contributed by atoms with E-state index in [0.29, 0.717) is 26.2 Å². The lowest BCUT2D eigenvalue weighted by Crippen LogP contribution is -2.41. The van der Waals surface area contributed by atoms with Gasteiger partial charge in [-0.05, 0) is 37.8 Å². The van der Waals surface area contributed by atoms with Gasteiger partial charge in [0.25, 0.3) is 0 Å². The Labute approximate surface area is 158 Å². The van der Waals surface area contributed by atoms with Gasteiger partial charge in [0.15, 0.2) is 0 Å². The van der Waals surface area contributed by atoms with Gasteiger partial charge in [-0.3, -0.25) is 9.36 Å². The zero-order valence-electron chi connectivity index (χ0n) is 15.8. The number of rotatable bonds is 7. The number of piperidine rings is 1. The van der Waals surface area contributed by atoms with Crippen molar-refractivity contribution in [2.75, 3.05) is 26.8 Å². The van der Waals surface area contributed by atoms with Crippen molar-refractivity contribution >= 4 is 5.91 Å². The third-order valence-corrected chi connectivity index (χ3v) is 5.44. The molecule has 0 bridgehead atoms. The minimum atomic E-state index is -0.0414. The molecular formula is C19H27N5O3. The highest BCUT2D eigenvalue weighted by Crippen LogP contribution is 2.37. The van der Waals surface area contributed by atoms with Crippen LogP contribution in [0, 0.1) is 0 Å². The smallest absolute Gasteiger partial charge is 0.346 e. The van der Waals surface area contributed by atoms with E-state index in [0.717, 1.165) is 38.1 Å². The van der Waals surface area contributed by atoms with Crippen LogP contribution in [0.4, 0.5) is 0 Å². The Kier molecular flexibility index (Phi) is 5.15. The van der Waals surface area contributed by atoms with Crippen LogP contribution in [0.2, 0.25) is 0 Å². The zero-order valence-corrected chi connectivity index (χ0v) is 15.8. The third-order valence-electron chi connectivity index (χ3n) is 5.44. The highest BCUT2D eigenvalue weighted by Gasteiger charge is 2.35. The average molecular weight is 373 g/mol. The van der Waals surface area contributed by atoms with E-state index < -0.39 is 0 Å². The molecule has 2 aliphatic rings. The predicted molar refractivity (Wildman–Crippen MR) is 99.6 cm³/mol. The van der Waals surface area contributed by atoms with Crippen LogP contribution in [0.25, 0.3) is 0 Å². The van der Waals surface area contributed by atoms with Gasteiger partial charge in [-0.1, -0.05) is 0 Å². The van der Waals surface area contributed by atoms with Gasteiger partial charge in [-0.15, -0.1) is 0 Å². The molecule has 0 radical (unpaired) electrons. The van der Waals surface area contributed by atoms with Crippen molar-refractivity contribution in [1.29, 1.82) is 0 Å². The Morgan fingerprint density at radius 1 is 1.26 bits per heavy atom. The Hall–Kier alpha value is -2.35. The first kappa shape index (κ1) is 18.0. The minimum absolute atomic E-state index is 0.0414. The van der Waals surface area contributed by atoms with E-state index in [4.69, 9.17) is 4.74 Å². The number of amides is 1. The summed E-state index contributed by atoms with van der Waals surface area (Å²) in [7, 11) is 1.62. The molecule has 0 spiro atoms. The number of hydrogen-bond acceptors (Lipinski definition) is 4. The van der Waals surface area contributed by atoms with E-state index >= 15 is 0 Å². The summed E-state index contributed by atoms with van der Waals surface area (Å²) in [6.07, 6.45) is 7.77. The van der Waals surface area contributed by atoms with Crippen molar-refractivity contribution in [2.45, 2.75) is 50.7 Å². The molecular weight excluding hydrogens is 346 g/mol. The molecule has 1 unspecified atom stereocenters. The Morgan fingerprint density at radius 3 is 2.74 bits per heavy atom. The van der Waals surface area contributed by atoms with E-state index in [1.165, 1.54) is 4.68 Å². The summed E-state index contributed by atoms with van der Waals surface area (Å²) >= 11 is 0. The fourth-order valence-corrected chi connectivity index (χ4v) is 3.86. The SMILES string of the molecule is COCCn1nc(C2CCCN(C(=O)Cn3cccc3)C2)n(C2CC2)c1=O. The maximum absolute atomic E-state index is 12.8. The second-order valence-corrected chi connectivity index (χ2v) is 7.49. The summed E-state index contributed by atoms with van der Waals surface area (Å²) in [5.41, 5.74) is -0.0414. The number of methoxy groups -OCH3 is 1. The predicted octanol–water partition coefficient (Wildman–Crippen LogP) is 1.23. The van der Waals surface area contributed by atoms with Gasteiger partial charge in [-0.2, -0.15) is 5.10 Å². The van der Waals surface area contributed by atoms with Crippen molar-refractivity contribution in [3.63, 3.8) is 0 Å². The van der Waals surface area contributed by atoms with Gasteiger partial charge in [0.1, 0.15) is 12.4 Å². The lowest BCUT2D eigenvalue weighted by molar-refractivity contribution is -0.133. The standard InChI is InChI=1S/C19H27N5O3/c1-27-12-11-23-19(26)24(16-6-7-16)18(20-23)15-5-4-10-22(13-15)17(25)14-21-8-2-3-9-21/h2-3,8-9,15-16H,4-7,10-14H2,1H3. The molecule has 1 aliphatic carbocycles. The molecule has 1 aliphatic heterocycles. The molecule has 8 nitrogen and oxygen atoms in total. The fourth-order valence-electron chi connectivity index (χ4n) is 3.86. The lowest BCUT2D eigenvalue weighted by Gasteiger charge is -2.32. The summed E-state index contributed by atoms with van der Waals surface area (Å²) in [6, 6.07) is 4.12. The molecule has 27 heavy (non-hydrogen) atoms. The second kappa shape index (κ2) is 7.72. The number of hydrogen-bond donors (Lipinski definition) is 0. The van der Waals surface area contributed by atoms with Crippen LogP contribution >= 0.6 is 0 Å². The second-order valence-electron chi connectivity index (χ2n) is 7.49. The molecule has 2 aromatic heterocycles. The van der Waals surface area contributed by atoms with Crippen LogP contribution < -0.4 is 5.69 Å². The van der Waals surface area contributed by atoms with Gasteiger partial charge in [0, 0.05) is 44.6 Å². The number of ether oxygens (including phenoxy) is 1. The summed E-state index contributed by atoms with van der Waals surface area (Å²) in [5, 5.41) is 4.65. The molecule has 1 atom stereocenters. The lowest BCUT2D eigenvalue weighted by atomic mass is 9.97. The van der Waals surface area contributed by atoms with Gasteiger partial charge >= 0.3 is 5.69 Å². The minimum Gasteiger partial charge on any atom is -0.383 e. The summed E-state index contributed by atoms with van der Waals surface area (Å²) in [4.78, 5) is 27.4. The van der Waals surface area contributed by atoms with E-state index in [2.05, 4.69) is 5.10 Å². The van der Waals surface area contributed by atoms with Crippen molar-refractivity contribution in [3.05, 3.63) is 40.8 Å². The summed E-state index contributed by atoms with van der Waals surface area (Å²) < 4.78 is 10.4. The maximum Gasteiger partial charge on any atom is 0.346 e. The normalized spacial score (nSPS) is 20.2. The molecule has 0 N–H and O–H groups in total. The van der Waals surface area contributed by atoms with Crippen LogP contribution in [0.3, 0.4) is 0 Å². The van der Waals surface area contributed by atoms with Crippen LogP contribution in [0.15, 0.2) is 29.3 Å². The molecule has 2 aromatic rings. The van der Waals surface area contributed by atoms with Crippen LogP contribution in [-0.2, 0) is 22.6 Å². The first-order chi connectivity index (χ1) is 13.2. The number of carbonyl (C=O) groups is 1. The molecule has 146 valence electrons. The molecule has 2 fully saturated rings. The zero-order chi connectivity index (χ0) is 18.8. The molecule has 8 heteroatoms. The van der Waals surface area contributed by atoms with Gasteiger partial charge in [-0.25, -0.2) is 9.48 Å². The fraction of sp³-hybridized carbons (Fsp3) is 0.632. The Balaban J connectivity index is 1.52. The van der Waals surface area contributed by atoms with Crippen molar-refractivity contribution in [3.8, 4) is 0 Å². The van der Waals surface area contributed by atoms with Crippen molar-refractivity contribution < 1.29 is 9.53 Å². The first-order valence-corrected chi connectivity index (χ1v) is 9.74. The monoisotopic (exact) mass is 373 g/mol. The molecule has 3 heterocycles. The third kappa shape index (κ3) is 3.85. The van der Waals surface area contributed by atoms with Gasteiger partial charge in [0.05, 0.1) is 13.2 Å². The Bertz CT molecular complexity index is 834. The van der Waals surface area contributed by atoms with Crippen molar-refractivity contribution in [2.24, 2.45) is 0 Å². The average Bonchev–Trinajstić information content (AvgIpc) is 3.28. The van der Waals surface area contributed by atoms with Gasteiger partial charge in [0.2, 0.25) is 5.91 Å². The Morgan fingerprint density at radius 2 is 2.04 bits per heavy atom. The summed E-state index contributed by atoms with van der Waals surface area (Å²) in [6.45, 7) is 2.69. The number of carbonyl (C=O) groups excluding carboxylic acids is 1. The highest BCUT2D eigenvalue weighted by molar-refractivity contribution is 5.76. The van der Waals surface area contributed by atoms with E-state index in [1.54, 1.807) is 7.11 Å². The molecule has 1 saturated heterocycles. The molecule has 1 saturated carbocycles. The van der Waals surface area contributed by atoms with Crippen LogP contribution in [-0.4, -0.2) is 56.5 Å². The van der Waals surface area contributed by atoms with Crippen LogP contribution in [0.5, 0.6) is 0 Å². The quantitative estimate of drug-likeness (QED) is 0.732. The number of nitrogens with zero attached hydrogens (tertiary/aromatic N) is 5. The van der Waals surface area contributed by atoms with Crippen LogP contribution in [0.1, 0.15) is 43.5 Å².